The topological polar surface area (TPSA) is 56.0 Å². The summed E-state index contributed by atoms with van der Waals surface area (Å²) >= 11 is 0. The van der Waals surface area contributed by atoms with E-state index in [1.165, 1.54) is 0 Å². The quantitative estimate of drug-likeness (QED) is 0.534. The van der Waals surface area contributed by atoms with Crippen LogP contribution in [0.2, 0.25) is 0 Å². The van der Waals surface area contributed by atoms with Crippen molar-refractivity contribution in [2.75, 3.05) is 0 Å². The van der Waals surface area contributed by atoms with Gasteiger partial charge < -0.3 is 5.73 Å². The first kappa shape index (κ1) is 8.62. The molecule has 0 amide bonds. The van der Waals surface area contributed by atoms with Crippen molar-refractivity contribution in [1.29, 1.82) is 0 Å². The summed E-state index contributed by atoms with van der Waals surface area (Å²) in [6.45, 7) is 3.54. The zero-order valence-corrected chi connectivity index (χ0v) is 6.60. The first-order chi connectivity index (χ1) is 5.77. The van der Waals surface area contributed by atoms with Gasteiger partial charge in [-0.15, -0.1) is 6.58 Å². The van der Waals surface area contributed by atoms with E-state index in [0.29, 0.717) is 11.3 Å². The molecule has 0 radical (unpaired) electrons. The maximum absolute atomic E-state index is 10.4. The van der Waals surface area contributed by atoms with Gasteiger partial charge in [0.25, 0.3) is 0 Å². The summed E-state index contributed by atoms with van der Waals surface area (Å²) in [5, 5.41) is 0. The highest BCUT2D eigenvalue weighted by atomic mass is 16.1. The number of rotatable bonds is 3. The number of carbonyl (C=O) groups excluding carboxylic acids is 1. The monoisotopic (exact) mass is 162 g/mol. The minimum absolute atomic E-state index is 0.301. The van der Waals surface area contributed by atoms with Crippen molar-refractivity contribution < 1.29 is 4.79 Å². The van der Waals surface area contributed by atoms with E-state index in [4.69, 9.17) is 5.73 Å². The molecular formula is C9H10N2O. The second kappa shape index (κ2) is 3.78. The average Bonchev–Trinajstić information content (AvgIpc) is 2.17. The number of nitrogens with zero attached hydrogens (tertiary/aromatic N) is 1. The van der Waals surface area contributed by atoms with Crippen LogP contribution in [0.3, 0.4) is 0 Å². The van der Waals surface area contributed by atoms with Crippen molar-refractivity contribution in [3.8, 4) is 0 Å². The fourth-order valence-electron chi connectivity index (χ4n) is 0.842. The normalized spacial score (nSPS) is 12.1. The van der Waals surface area contributed by atoms with Crippen LogP contribution in [0, 0.1) is 0 Å². The Labute approximate surface area is 70.9 Å². The Morgan fingerprint density at radius 1 is 1.67 bits per heavy atom. The number of pyridine rings is 1. The summed E-state index contributed by atoms with van der Waals surface area (Å²) in [6.07, 6.45) is 3.90. The molecule has 0 fully saturated rings. The molecule has 0 saturated carbocycles. The SMILES string of the molecule is C=C[C@H](N)c1cc(C=O)ccn1. The van der Waals surface area contributed by atoms with Gasteiger partial charge in [-0.05, 0) is 12.1 Å². The summed E-state index contributed by atoms with van der Waals surface area (Å²) in [6, 6.07) is 2.98. The first-order valence-electron chi connectivity index (χ1n) is 3.57. The highest BCUT2D eigenvalue weighted by molar-refractivity contribution is 5.74. The van der Waals surface area contributed by atoms with Crippen molar-refractivity contribution in [3.05, 3.63) is 42.2 Å². The predicted molar refractivity (Wildman–Crippen MR) is 46.7 cm³/mol. The van der Waals surface area contributed by atoms with Crippen molar-refractivity contribution in [1.82, 2.24) is 4.98 Å². The van der Waals surface area contributed by atoms with E-state index in [1.54, 1.807) is 24.4 Å². The summed E-state index contributed by atoms with van der Waals surface area (Å²) < 4.78 is 0. The Bertz CT molecular complexity index is 296. The van der Waals surface area contributed by atoms with E-state index < -0.39 is 0 Å². The van der Waals surface area contributed by atoms with Crippen LogP contribution in [0.15, 0.2) is 31.0 Å². The number of hydrogen-bond donors (Lipinski definition) is 1. The predicted octanol–water partition coefficient (Wildman–Crippen LogP) is 1.08. The van der Waals surface area contributed by atoms with Gasteiger partial charge >= 0.3 is 0 Å². The molecule has 1 aromatic rings. The standard InChI is InChI=1S/C9H10N2O/c1-2-8(10)9-5-7(6-12)3-4-11-9/h2-6,8H,1,10H2/t8-/m0/s1. The Morgan fingerprint density at radius 2 is 2.42 bits per heavy atom. The van der Waals surface area contributed by atoms with Crippen LogP contribution in [-0.2, 0) is 0 Å². The smallest absolute Gasteiger partial charge is 0.150 e. The molecule has 0 spiro atoms. The first-order valence-corrected chi connectivity index (χ1v) is 3.57. The van der Waals surface area contributed by atoms with Crippen LogP contribution in [0.4, 0.5) is 0 Å². The molecule has 1 rings (SSSR count). The van der Waals surface area contributed by atoms with Gasteiger partial charge in [-0.2, -0.15) is 0 Å². The molecule has 0 aliphatic carbocycles. The lowest BCUT2D eigenvalue weighted by Gasteiger charge is -2.04. The fourth-order valence-corrected chi connectivity index (χ4v) is 0.842. The van der Waals surface area contributed by atoms with E-state index in [2.05, 4.69) is 11.6 Å². The largest absolute Gasteiger partial charge is 0.319 e. The van der Waals surface area contributed by atoms with Gasteiger partial charge in [0.2, 0.25) is 0 Å². The Kier molecular flexibility index (Phi) is 2.71. The molecule has 1 heterocycles. The van der Waals surface area contributed by atoms with Gasteiger partial charge in [0.1, 0.15) is 6.29 Å². The van der Waals surface area contributed by atoms with Crippen LogP contribution < -0.4 is 5.73 Å². The Balaban J connectivity index is 3.00. The molecule has 0 aliphatic heterocycles. The highest BCUT2D eigenvalue weighted by Gasteiger charge is 2.02. The minimum Gasteiger partial charge on any atom is -0.319 e. The molecular weight excluding hydrogens is 152 g/mol. The minimum atomic E-state index is -0.301. The van der Waals surface area contributed by atoms with Crippen LogP contribution in [0.25, 0.3) is 0 Å². The molecule has 3 nitrogen and oxygen atoms in total. The van der Waals surface area contributed by atoms with Crippen LogP contribution >= 0.6 is 0 Å². The van der Waals surface area contributed by atoms with Crippen molar-refractivity contribution in [2.45, 2.75) is 6.04 Å². The molecule has 0 aromatic carbocycles. The lowest BCUT2D eigenvalue weighted by atomic mass is 10.1. The molecule has 0 unspecified atom stereocenters. The second-order valence-electron chi connectivity index (χ2n) is 2.39. The van der Waals surface area contributed by atoms with E-state index in [9.17, 15) is 4.79 Å². The lowest BCUT2D eigenvalue weighted by Crippen LogP contribution is -2.08. The summed E-state index contributed by atoms with van der Waals surface area (Å²) in [4.78, 5) is 14.4. The fraction of sp³-hybridized carbons (Fsp3) is 0.111. The molecule has 0 aliphatic rings. The van der Waals surface area contributed by atoms with E-state index in [0.717, 1.165) is 6.29 Å². The number of hydrogen-bond acceptors (Lipinski definition) is 3. The summed E-state index contributed by atoms with van der Waals surface area (Å²) in [5.41, 5.74) is 6.86. The van der Waals surface area contributed by atoms with Gasteiger partial charge in [0.05, 0.1) is 11.7 Å². The van der Waals surface area contributed by atoms with Gasteiger partial charge in [-0.1, -0.05) is 6.08 Å². The average molecular weight is 162 g/mol. The van der Waals surface area contributed by atoms with Crippen LogP contribution in [-0.4, -0.2) is 11.3 Å². The van der Waals surface area contributed by atoms with E-state index in [-0.39, 0.29) is 6.04 Å². The van der Waals surface area contributed by atoms with Crippen molar-refractivity contribution in [2.24, 2.45) is 5.73 Å². The number of carbonyl (C=O) groups is 1. The Hall–Kier alpha value is -1.48. The molecule has 0 saturated heterocycles. The zero-order valence-electron chi connectivity index (χ0n) is 6.60. The molecule has 62 valence electrons. The number of aromatic nitrogens is 1. The zero-order chi connectivity index (χ0) is 8.97. The van der Waals surface area contributed by atoms with E-state index >= 15 is 0 Å². The number of nitrogens with two attached hydrogens (primary N) is 1. The molecule has 1 aromatic heterocycles. The van der Waals surface area contributed by atoms with Crippen LogP contribution in [0.5, 0.6) is 0 Å². The Morgan fingerprint density at radius 3 is 3.00 bits per heavy atom. The summed E-state index contributed by atoms with van der Waals surface area (Å²) in [7, 11) is 0. The molecule has 3 heteroatoms. The molecule has 2 N–H and O–H groups in total. The highest BCUT2D eigenvalue weighted by Crippen LogP contribution is 2.08. The van der Waals surface area contributed by atoms with E-state index in [1.807, 2.05) is 0 Å². The van der Waals surface area contributed by atoms with Crippen LogP contribution in [0.1, 0.15) is 22.1 Å². The third-order valence-electron chi connectivity index (χ3n) is 1.54. The lowest BCUT2D eigenvalue weighted by molar-refractivity contribution is 0.112. The molecule has 12 heavy (non-hydrogen) atoms. The third-order valence-corrected chi connectivity index (χ3v) is 1.54. The van der Waals surface area contributed by atoms with Gasteiger partial charge in [0.15, 0.2) is 0 Å². The summed E-state index contributed by atoms with van der Waals surface area (Å²) in [5.74, 6) is 0. The third kappa shape index (κ3) is 1.77. The van der Waals surface area contributed by atoms with Gasteiger partial charge in [-0.25, -0.2) is 0 Å². The van der Waals surface area contributed by atoms with Gasteiger partial charge in [0, 0.05) is 11.8 Å². The maximum Gasteiger partial charge on any atom is 0.150 e. The number of aldehydes is 1. The van der Waals surface area contributed by atoms with Crippen molar-refractivity contribution >= 4 is 6.29 Å². The van der Waals surface area contributed by atoms with Gasteiger partial charge in [-0.3, -0.25) is 9.78 Å². The maximum atomic E-state index is 10.4. The molecule has 1 atom stereocenters. The second-order valence-corrected chi connectivity index (χ2v) is 2.39. The van der Waals surface area contributed by atoms with Crippen molar-refractivity contribution in [3.63, 3.8) is 0 Å². The molecule has 0 bridgehead atoms.